The van der Waals surface area contributed by atoms with E-state index in [0.717, 1.165) is 10.1 Å². The fraction of sp³-hybridized carbons (Fsp3) is 0.333. The molecule has 0 spiro atoms. The van der Waals surface area contributed by atoms with Crippen LogP contribution in [0.15, 0.2) is 51.0 Å². The Kier molecular flexibility index (Phi) is 7.40. The zero-order valence-electron chi connectivity index (χ0n) is 18.7. The molecule has 0 saturated heterocycles. The van der Waals surface area contributed by atoms with Gasteiger partial charge in [0.15, 0.2) is 0 Å². The van der Waals surface area contributed by atoms with Crippen molar-refractivity contribution in [2.45, 2.75) is 24.3 Å². The number of aryl methyl sites for hydroxylation is 2. The van der Waals surface area contributed by atoms with Crippen molar-refractivity contribution in [2.24, 2.45) is 14.1 Å². The number of hydrogen-bond acceptors (Lipinski definition) is 7. The van der Waals surface area contributed by atoms with E-state index in [1.807, 2.05) is 13.2 Å². The van der Waals surface area contributed by atoms with Gasteiger partial charge >= 0.3 is 5.69 Å². The number of nitrogens with zero attached hydrogens (tertiary/aromatic N) is 3. The van der Waals surface area contributed by atoms with Gasteiger partial charge < -0.3 is 5.32 Å². The highest BCUT2D eigenvalue weighted by atomic mass is 32.2. The third-order valence-electron chi connectivity index (χ3n) is 5.14. The van der Waals surface area contributed by atoms with Crippen LogP contribution in [0.3, 0.4) is 0 Å². The number of anilines is 1. The Bertz CT molecular complexity index is 1410. The highest BCUT2D eigenvalue weighted by molar-refractivity contribution is 7.98. The first-order valence-electron chi connectivity index (χ1n) is 9.99. The standard InChI is InChI=1S/C21H25N5O5S2/c1-13-5-8-18(22-12-13)23-19(27)16(9-10-32-4)24-33(30,31)14-6-7-17-15(11-14)20(28)26(3)21(29)25(17)2/h5-8,11-12,16,24H,9-10H2,1-4H3,(H,22,23,27)/t16-/m1/s1. The molecule has 1 atom stereocenters. The van der Waals surface area contributed by atoms with E-state index in [1.54, 1.807) is 18.3 Å². The first-order chi connectivity index (χ1) is 15.5. The van der Waals surface area contributed by atoms with Gasteiger partial charge in [0.2, 0.25) is 15.9 Å². The van der Waals surface area contributed by atoms with Crippen LogP contribution < -0.4 is 21.3 Å². The summed E-state index contributed by atoms with van der Waals surface area (Å²) in [5.74, 6) is 0.319. The number of sulfonamides is 1. The summed E-state index contributed by atoms with van der Waals surface area (Å²) in [4.78, 5) is 41.4. The average Bonchev–Trinajstić information content (AvgIpc) is 2.79. The Morgan fingerprint density at radius 2 is 1.88 bits per heavy atom. The number of fused-ring (bicyclic) bond motifs is 1. The summed E-state index contributed by atoms with van der Waals surface area (Å²) in [6.07, 6.45) is 3.70. The third kappa shape index (κ3) is 5.34. The number of amides is 1. The summed E-state index contributed by atoms with van der Waals surface area (Å²) in [6.45, 7) is 1.86. The molecule has 12 heteroatoms. The lowest BCUT2D eigenvalue weighted by Crippen LogP contribution is -2.44. The Hall–Kier alpha value is -2.96. The highest BCUT2D eigenvalue weighted by Gasteiger charge is 2.26. The van der Waals surface area contributed by atoms with Crippen LogP contribution in [0.1, 0.15) is 12.0 Å². The maximum Gasteiger partial charge on any atom is 0.330 e. The van der Waals surface area contributed by atoms with E-state index in [1.165, 1.54) is 48.6 Å². The largest absolute Gasteiger partial charge is 0.330 e. The number of thioether (sulfide) groups is 1. The molecule has 176 valence electrons. The topological polar surface area (TPSA) is 132 Å². The molecule has 0 bridgehead atoms. The van der Waals surface area contributed by atoms with Crippen molar-refractivity contribution in [1.29, 1.82) is 0 Å². The Morgan fingerprint density at radius 3 is 2.52 bits per heavy atom. The van der Waals surface area contributed by atoms with Crippen LogP contribution in [0, 0.1) is 6.92 Å². The van der Waals surface area contributed by atoms with Crippen molar-refractivity contribution in [3.63, 3.8) is 0 Å². The molecule has 1 aromatic carbocycles. The number of nitrogens with one attached hydrogen (secondary N) is 2. The molecule has 3 aromatic rings. The fourth-order valence-electron chi connectivity index (χ4n) is 3.23. The van der Waals surface area contributed by atoms with E-state index in [2.05, 4.69) is 15.0 Å². The van der Waals surface area contributed by atoms with Crippen LogP contribution >= 0.6 is 11.8 Å². The van der Waals surface area contributed by atoms with Crippen LogP contribution in [0.4, 0.5) is 5.82 Å². The van der Waals surface area contributed by atoms with Crippen LogP contribution in [0.25, 0.3) is 10.9 Å². The average molecular weight is 492 g/mol. The molecule has 0 fully saturated rings. The molecule has 0 aliphatic rings. The normalized spacial score (nSPS) is 12.6. The van der Waals surface area contributed by atoms with Gasteiger partial charge in [-0.1, -0.05) is 6.07 Å². The molecule has 0 aliphatic heterocycles. The zero-order valence-corrected chi connectivity index (χ0v) is 20.3. The van der Waals surface area contributed by atoms with Gasteiger partial charge in [0.05, 0.1) is 15.8 Å². The number of aromatic nitrogens is 3. The molecule has 0 radical (unpaired) electrons. The monoisotopic (exact) mass is 491 g/mol. The molecule has 2 aromatic heterocycles. The van der Waals surface area contributed by atoms with Gasteiger partial charge in [-0.2, -0.15) is 16.5 Å². The van der Waals surface area contributed by atoms with E-state index < -0.39 is 33.2 Å². The second-order valence-electron chi connectivity index (χ2n) is 7.55. The summed E-state index contributed by atoms with van der Waals surface area (Å²) in [7, 11) is -1.33. The van der Waals surface area contributed by atoms with Gasteiger partial charge in [-0.05, 0) is 55.2 Å². The molecule has 10 nitrogen and oxygen atoms in total. The lowest BCUT2D eigenvalue weighted by atomic mass is 10.2. The smallest absolute Gasteiger partial charge is 0.309 e. The summed E-state index contributed by atoms with van der Waals surface area (Å²) in [6, 6.07) is 6.28. The van der Waals surface area contributed by atoms with Crippen molar-refractivity contribution >= 4 is 44.4 Å². The van der Waals surface area contributed by atoms with Gasteiger partial charge in [0.25, 0.3) is 5.56 Å². The van der Waals surface area contributed by atoms with Crippen molar-refractivity contribution in [1.82, 2.24) is 18.8 Å². The predicted octanol–water partition coefficient (Wildman–Crippen LogP) is 0.979. The fourth-order valence-corrected chi connectivity index (χ4v) is 4.96. The minimum atomic E-state index is -4.15. The van der Waals surface area contributed by atoms with Gasteiger partial charge in [-0.3, -0.25) is 18.7 Å². The Labute approximate surface area is 195 Å². The molecule has 0 saturated carbocycles. The summed E-state index contributed by atoms with van der Waals surface area (Å²) >= 11 is 1.48. The number of rotatable bonds is 8. The van der Waals surface area contributed by atoms with Crippen LogP contribution in [-0.2, 0) is 28.9 Å². The summed E-state index contributed by atoms with van der Waals surface area (Å²) in [5, 5.41) is 2.71. The van der Waals surface area contributed by atoms with E-state index in [9.17, 15) is 22.8 Å². The molecule has 1 amide bonds. The lowest BCUT2D eigenvalue weighted by Gasteiger charge is -2.18. The second-order valence-corrected chi connectivity index (χ2v) is 10.2. The molecule has 0 unspecified atom stereocenters. The number of benzene rings is 1. The van der Waals surface area contributed by atoms with E-state index >= 15 is 0 Å². The van der Waals surface area contributed by atoms with Gasteiger partial charge in [0, 0.05) is 20.3 Å². The minimum Gasteiger partial charge on any atom is -0.309 e. The number of hydrogen-bond donors (Lipinski definition) is 2. The first-order valence-corrected chi connectivity index (χ1v) is 12.9. The minimum absolute atomic E-state index is 0.0800. The SMILES string of the molecule is CSCC[C@@H](NS(=O)(=O)c1ccc2c(c1)c(=O)n(C)c(=O)n2C)C(=O)Nc1ccc(C)cn1. The Balaban J connectivity index is 1.94. The van der Waals surface area contributed by atoms with Crippen molar-refractivity contribution in [2.75, 3.05) is 17.3 Å². The molecule has 2 N–H and O–H groups in total. The van der Waals surface area contributed by atoms with E-state index in [0.29, 0.717) is 17.1 Å². The van der Waals surface area contributed by atoms with E-state index in [-0.39, 0.29) is 16.7 Å². The zero-order chi connectivity index (χ0) is 24.3. The van der Waals surface area contributed by atoms with Crippen LogP contribution in [0.2, 0.25) is 0 Å². The van der Waals surface area contributed by atoms with Gasteiger partial charge in [0.1, 0.15) is 11.9 Å². The Morgan fingerprint density at radius 1 is 1.15 bits per heavy atom. The molecular formula is C21H25N5O5S2. The number of carbonyl (C=O) groups excluding carboxylic acids is 1. The molecule has 33 heavy (non-hydrogen) atoms. The molecule has 3 rings (SSSR count). The predicted molar refractivity (Wildman–Crippen MR) is 129 cm³/mol. The van der Waals surface area contributed by atoms with Crippen LogP contribution in [-0.4, -0.2) is 46.5 Å². The molecule has 0 aliphatic carbocycles. The third-order valence-corrected chi connectivity index (χ3v) is 7.25. The molecule has 2 heterocycles. The number of carbonyl (C=O) groups is 1. The quantitative estimate of drug-likeness (QED) is 0.480. The van der Waals surface area contributed by atoms with Gasteiger partial charge in [-0.25, -0.2) is 18.2 Å². The van der Waals surface area contributed by atoms with Crippen molar-refractivity contribution in [3.8, 4) is 0 Å². The second kappa shape index (κ2) is 9.89. The van der Waals surface area contributed by atoms with Crippen molar-refractivity contribution in [3.05, 3.63) is 62.9 Å². The maximum atomic E-state index is 13.1. The van der Waals surface area contributed by atoms with Crippen molar-refractivity contribution < 1.29 is 13.2 Å². The van der Waals surface area contributed by atoms with E-state index in [4.69, 9.17) is 0 Å². The first kappa shape index (κ1) is 24.7. The lowest BCUT2D eigenvalue weighted by molar-refractivity contribution is -0.117. The summed E-state index contributed by atoms with van der Waals surface area (Å²) in [5.41, 5.74) is 0.115. The highest BCUT2D eigenvalue weighted by Crippen LogP contribution is 2.17. The number of pyridine rings is 1. The van der Waals surface area contributed by atoms with Gasteiger partial charge in [-0.15, -0.1) is 0 Å². The summed E-state index contributed by atoms with van der Waals surface area (Å²) < 4.78 is 30.8. The van der Waals surface area contributed by atoms with Crippen LogP contribution in [0.5, 0.6) is 0 Å². The molecular weight excluding hydrogens is 466 g/mol. The maximum absolute atomic E-state index is 13.1.